The Morgan fingerprint density at radius 1 is 1.20 bits per heavy atom. The van der Waals surface area contributed by atoms with E-state index in [0.29, 0.717) is 10.8 Å². The van der Waals surface area contributed by atoms with Gasteiger partial charge in [-0.1, -0.05) is 18.5 Å². The third-order valence-corrected chi connectivity index (χ3v) is 4.16. The van der Waals surface area contributed by atoms with E-state index in [4.69, 9.17) is 11.6 Å². The minimum atomic E-state index is 0.675. The van der Waals surface area contributed by atoms with Gasteiger partial charge in [0.1, 0.15) is 22.4 Å². The van der Waals surface area contributed by atoms with Crippen LogP contribution in [0.15, 0.2) is 33.5 Å². The average molecular weight is 421 g/mol. The standard InChI is InChI=1S/C13H13Br2ClN4/c1-2-5-17-12-11(15)13(19-7-18-12)20-10-4-3-8(16)6-9(10)14/h3-4,6-7H,2,5H2,1H3,(H2,17,18,19,20). The van der Waals surface area contributed by atoms with Gasteiger partial charge in [0.05, 0.1) is 5.69 Å². The molecule has 0 aliphatic rings. The van der Waals surface area contributed by atoms with Gasteiger partial charge in [-0.25, -0.2) is 9.97 Å². The second-order valence-corrected chi connectivity index (χ2v) is 6.14. The third kappa shape index (κ3) is 3.84. The Labute approximate surface area is 139 Å². The fraction of sp³-hybridized carbons (Fsp3) is 0.231. The number of nitrogens with zero attached hydrogens (tertiary/aromatic N) is 2. The lowest BCUT2D eigenvalue weighted by Gasteiger charge is -2.12. The van der Waals surface area contributed by atoms with Crippen molar-refractivity contribution in [2.75, 3.05) is 17.2 Å². The summed E-state index contributed by atoms with van der Waals surface area (Å²) in [4.78, 5) is 8.46. The zero-order valence-corrected chi connectivity index (χ0v) is 14.7. The Kier molecular flexibility index (Phi) is 5.63. The van der Waals surface area contributed by atoms with E-state index in [9.17, 15) is 0 Å². The highest BCUT2D eigenvalue weighted by molar-refractivity contribution is 9.11. The van der Waals surface area contributed by atoms with E-state index in [1.54, 1.807) is 0 Å². The topological polar surface area (TPSA) is 49.8 Å². The SMILES string of the molecule is CCCNc1ncnc(Nc2ccc(Cl)cc2Br)c1Br. The Morgan fingerprint density at radius 2 is 1.95 bits per heavy atom. The Morgan fingerprint density at radius 3 is 2.65 bits per heavy atom. The summed E-state index contributed by atoms with van der Waals surface area (Å²) in [6.07, 6.45) is 2.55. The molecule has 2 rings (SSSR count). The van der Waals surface area contributed by atoms with Crippen LogP contribution in [0.5, 0.6) is 0 Å². The number of anilines is 3. The molecule has 0 radical (unpaired) electrons. The lowest BCUT2D eigenvalue weighted by molar-refractivity contribution is 0.962. The maximum absolute atomic E-state index is 5.93. The Bertz CT molecular complexity index is 607. The molecule has 0 saturated carbocycles. The van der Waals surface area contributed by atoms with Crippen molar-refractivity contribution in [3.63, 3.8) is 0 Å². The highest BCUT2D eigenvalue weighted by atomic mass is 79.9. The van der Waals surface area contributed by atoms with E-state index >= 15 is 0 Å². The van der Waals surface area contributed by atoms with E-state index in [-0.39, 0.29) is 0 Å². The molecule has 2 aromatic rings. The van der Waals surface area contributed by atoms with Crippen molar-refractivity contribution in [2.45, 2.75) is 13.3 Å². The molecule has 0 saturated heterocycles. The highest BCUT2D eigenvalue weighted by Crippen LogP contribution is 2.32. The van der Waals surface area contributed by atoms with Crippen LogP contribution in [0, 0.1) is 0 Å². The van der Waals surface area contributed by atoms with E-state index in [1.807, 2.05) is 18.2 Å². The second-order valence-electron chi connectivity index (χ2n) is 4.06. The lowest BCUT2D eigenvalue weighted by atomic mass is 10.3. The van der Waals surface area contributed by atoms with Crippen molar-refractivity contribution in [1.82, 2.24) is 9.97 Å². The first-order chi connectivity index (χ1) is 9.61. The second kappa shape index (κ2) is 7.24. The normalized spacial score (nSPS) is 10.4. The zero-order valence-electron chi connectivity index (χ0n) is 10.8. The molecule has 2 N–H and O–H groups in total. The van der Waals surface area contributed by atoms with Crippen molar-refractivity contribution < 1.29 is 0 Å². The monoisotopic (exact) mass is 418 g/mol. The molecular weight excluding hydrogens is 407 g/mol. The van der Waals surface area contributed by atoms with Crippen molar-refractivity contribution >= 4 is 60.8 Å². The zero-order chi connectivity index (χ0) is 14.5. The number of halogens is 3. The van der Waals surface area contributed by atoms with Gasteiger partial charge >= 0.3 is 0 Å². The number of hydrogen-bond acceptors (Lipinski definition) is 4. The molecule has 106 valence electrons. The third-order valence-electron chi connectivity index (χ3n) is 2.52. The largest absolute Gasteiger partial charge is 0.369 e. The van der Waals surface area contributed by atoms with Crippen molar-refractivity contribution in [3.8, 4) is 0 Å². The van der Waals surface area contributed by atoms with Crippen LogP contribution in [0.3, 0.4) is 0 Å². The van der Waals surface area contributed by atoms with Crippen LogP contribution in [0.4, 0.5) is 17.3 Å². The average Bonchev–Trinajstić information content (AvgIpc) is 2.42. The summed E-state index contributed by atoms with van der Waals surface area (Å²) in [6.45, 7) is 2.96. The first kappa shape index (κ1) is 15.5. The molecular formula is C13H13Br2ClN4. The first-order valence-corrected chi connectivity index (χ1v) is 8.04. The molecule has 0 aliphatic heterocycles. The number of aromatic nitrogens is 2. The summed E-state index contributed by atoms with van der Waals surface area (Å²) in [5.74, 6) is 1.47. The summed E-state index contributed by atoms with van der Waals surface area (Å²) in [7, 11) is 0. The summed E-state index contributed by atoms with van der Waals surface area (Å²) >= 11 is 12.9. The van der Waals surface area contributed by atoms with Gasteiger partial charge in [0.15, 0.2) is 0 Å². The number of nitrogens with one attached hydrogen (secondary N) is 2. The van der Waals surface area contributed by atoms with Gasteiger partial charge in [0.25, 0.3) is 0 Å². The quantitative estimate of drug-likeness (QED) is 0.696. The number of benzene rings is 1. The summed E-state index contributed by atoms with van der Waals surface area (Å²) in [5.41, 5.74) is 0.884. The molecule has 0 atom stereocenters. The van der Waals surface area contributed by atoms with Gasteiger partial charge in [-0.2, -0.15) is 0 Å². The molecule has 20 heavy (non-hydrogen) atoms. The predicted molar refractivity (Wildman–Crippen MR) is 90.9 cm³/mol. The van der Waals surface area contributed by atoms with Gasteiger partial charge < -0.3 is 10.6 Å². The van der Waals surface area contributed by atoms with Crippen molar-refractivity contribution in [3.05, 3.63) is 38.5 Å². The molecule has 0 unspecified atom stereocenters. The van der Waals surface area contributed by atoms with E-state index in [0.717, 1.165) is 33.4 Å². The van der Waals surface area contributed by atoms with Gasteiger partial charge in [0.2, 0.25) is 0 Å². The first-order valence-electron chi connectivity index (χ1n) is 6.08. The van der Waals surface area contributed by atoms with Crippen molar-refractivity contribution in [2.24, 2.45) is 0 Å². The molecule has 0 bridgehead atoms. The summed E-state index contributed by atoms with van der Waals surface area (Å²) in [5, 5.41) is 7.16. The van der Waals surface area contributed by atoms with Gasteiger partial charge in [-0.05, 0) is 56.5 Å². The Balaban J connectivity index is 2.24. The van der Waals surface area contributed by atoms with Gasteiger partial charge in [0, 0.05) is 16.0 Å². The summed E-state index contributed by atoms with van der Waals surface area (Å²) < 4.78 is 1.67. The molecule has 0 fully saturated rings. The molecule has 7 heteroatoms. The summed E-state index contributed by atoms with van der Waals surface area (Å²) in [6, 6.07) is 5.54. The number of rotatable bonds is 5. The van der Waals surface area contributed by atoms with Crippen LogP contribution < -0.4 is 10.6 Å². The van der Waals surface area contributed by atoms with Crippen LogP contribution in [0.1, 0.15) is 13.3 Å². The van der Waals surface area contributed by atoms with E-state index in [1.165, 1.54) is 6.33 Å². The maximum Gasteiger partial charge on any atom is 0.150 e. The fourth-order valence-corrected chi connectivity index (χ4v) is 2.77. The minimum Gasteiger partial charge on any atom is -0.369 e. The van der Waals surface area contributed by atoms with E-state index in [2.05, 4.69) is 59.4 Å². The van der Waals surface area contributed by atoms with Crippen LogP contribution >= 0.6 is 43.5 Å². The fourth-order valence-electron chi connectivity index (χ4n) is 1.54. The molecule has 0 amide bonds. The maximum atomic E-state index is 5.93. The van der Waals surface area contributed by atoms with Crippen LogP contribution in [-0.4, -0.2) is 16.5 Å². The van der Waals surface area contributed by atoms with Crippen LogP contribution in [-0.2, 0) is 0 Å². The van der Waals surface area contributed by atoms with Gasteiger partial charge in [-0.15, -0.1) is 0 Å². The van der Waals surface area contributed by atoms with Gasteiger partial charge in [-0.3, -0.25) is 0 Å². The molecule has 1 heterocycles. The van der Waals surface area contributed by atoms with Crippen LogP contribution in [0.2, 0.25) is 5.02 Å². The number of hydrogen-bond donors (Lipinski definition) is 2. The van der Waals surface area contributed by atoms with Crippen molar-refractivity contribution in [1.29, 1.82) is 0 Å². The highest BCUT2D eigenvalue weighted by Gasteiger charge is 2.10. The van der Waals surface area contributed by atoms with Crippen LogP contribution in [0.25, 0.3) is 0 Å². The molecule has 0 aliphatic carbocycles. The molecule has 0 spiro atoms. The van der Waals surface area contributed by atoms with E-state index < -0.39 is 0 Å². The molecule has 4 nitrogen and oxygen atoms in total. The Hall–Kier alpha value is -0.850. The predicted octanol–water partition coefficient (Wildman–Crippen LogP) is 5.22. The molecule has 1 aromatic carbocycles. The molecule has 1 aromatic heterocycles. The minimum absolute atomic E-state index is 0.675. The smallest absolute Gasteiger partial charge is 0.150 e. The lowest BCUT2D eigenvalue weighted by Crippen LogP contribution is -2.05.